The fraction of sp³-hybridized carbons (Fsp3) is 0.0154. The van der Waals surface area contributed by atoms with Crippen LogP contribution < -0.4 is 14.4 Å². The standard InChI is InChI=1S/C65H41NO3/c1-2-16-43(17-3-1)48-18-4-5-19-49(48)44-32-37-47(38-33-44)66(58-41-53-51-21-8-12-26-59(51)69-64(53)52-22-7-6-20-50(52)58)46-35-30-42(31-36-46)45-34-39-57-63(40-45)68-62-29-15-11-25-56(62)65(57)54-23-9-13-27-60(54)67-61-28-14-10-24-55(61)65/h1-41H. The lowest BCUT2D eigenvalue weighted by atomic mass is 9.62. The molecule has 2 aliphatic rings. The summed E-state index contributed by atoms with van der Waals surface area (Å²) < 4.78 is 20.1. The van der Waals surface area contributed by atoms with E-state index in [9.17, 15) is 0 Å². The molecular formula is C65H41NO3. The fourth-order valence-corrected chi connectivity index (χ4v) is 11.1. The van der Waals surface area contributed by atoms with Crippen LogP contribution in [0.3, 0.4) is 0 Å². The number of fused-ring (bicyclic) bond motifs is 13. The number of para-hydroxylation sites is 4. The van der Waals surface area contributed by atoms with E-state index in [-0.39, 0.29) is 0 Å². The highest BCUT2D eigenvalue weighted by molar-refractivity contribution is 6.19. The van der Waals surface area contributed by atoms with Gasteiger partial charge in [-0.2, -0.15) is 0 Å². The van der Waals surface area contributed by atoms with Crippen LogP contribution in [0.5, 0.6) is 23.0 Å². The average molecular weight is 884 g/mol. The molecule has 1 aromatic heterocycles. The third-order valence-corrected chi connectivity index (χ3v) is 14.2. The van der Waals surface area contributed by atoms with E-state index < -0.39 is 5.41 Å². The van der Waals surface area contributed by atoms with E-state index in [1.165, 1.54) is 16.7 Å². The van der Waals surface area contributed by atoms with Crippen LogP contribution in [-0.2, 0) is 5.41 Å². The van der Waals surface area contributed by atoms with E-state index in [2.05, 4.69) is 235 Å². The Labute approximate surface area is 399 Å². The Morgan fingerprint density at radius 1 is 0.304 bits per heavy atom. The Morgan fingerprint density at radius 3 is 1.41 bits per heavy atom. The first-order valence-corrected chi connectivity index (χ1v) is 23.5. The molecule has 0 atom stereocenters. The minimum atomic E-state index is -0.637. The minimum Gasteiger partial charge on any atom is -0.457 e. The third kappa shape index (κ3) is 6.02. The number of hydrogen-bond acceptors (Lipinski definition) is 4. The maximum atomic E-state index is 6.89. The molecule has 0 N–H and O–H groups in total. The Bertz CT molecular complexity index is 3900. The Morgan fingerprint density at radius 2 is 0.768 bits per heavy atom. The summed E-state index contributed by atoms with van der Waals surface area (Å²) in [6.07, 6.45) is 0. The van der Waals surface area contributed by atoms with Crippen LogP contribution in [0.25, 0.3) is 66.1 Å². The number of benzene rings is 11. The molecule has 0 radical (unpaired) electrons. The van der Waals surface area contributed by atoms with Crippen molar-refractivity contribution in [2.24, 2.45) is 0 Å². The van der Waals surface area contributed by atoms with Crippen molar-refractivity contribution in [3.63, 3.8) is 0 Å². The topological polar surface area (TPSA) is 34.8 Å². The molecule has 12 aromatic rings. The van der Waals surface area contributed by atoms with Gasteiger partial charge in [0.05, 0.1) is 11.1 Å². The predicted molar refractivity (Wildman–Crippen MR) is 281 cm³/mol. The van der Waals surface area contributed by atoms with Crippen LogP contribution >= 0.6 is 0 Å². The van der Waals surface area contributed by atoms with Crippen molar-refractivity contribution in [1.29, 1.82) is 0 Å². The maximum Gasteiger partial charge on any atom is 0.143 e. The molecule has 4 heteroatoms. The summed E-state index contributed by atoms with van der Waals surface area (Å²) >= 11 is 0. The largest absolute Gasteiger partial charge is 0.457 e. The molecule has 0 saturated heterocycles. The van der Waals surface area contributed by atoms with Crippen molar-refractivity contribution in [2.45, 2.75) is 5.41 Å². The molecule has 3 heterocycles. The predicted octanol–water partition coefficient (Wildman–Crippen LogP) is 17.8. The minimum absolute atomic E-state index is 0.637. The summed E-state index contributed by atoms with van der Waals surface area (Å²) in [7, 11) is 0. The SMILES string of the molecule is c1ccc(-c2ccccc2-c2ccc(N(c3ccc(-c4ccc5c(c4)Oc4ccccc4C54c5ccccc5Oc5ccccc54)cc3)c3cc4c5ccccc5oc4c4ccccc34)cc2)cc1. The van der Waals surface area contributed by atoms with Crippen molar-refractivity contribution in [3.8, 4) is 56.4 Å². The highest BCUT2D eigenvalue weighted by atomic mass is 16.5. The van der Waals surface area contributed by atoms with E-state index >= 15 is 0 Å². The molecule has 4 nitrogen and oxygen atoms in total. The molecule has 0 unspecified atom stereocenters. The van der Waals surface area contributed by atoms with E-state index in [0.29, 0.717) is 0 Å². The first-order chi connectivity index (χ1) is 34.2. The molecule has 14 rings (SSSR count). The zero-order chi connectivity index (χ0) is 45.5. The fourth-order valence-electron chi connectivity index (χ4n) is 11.1. The summed E-state index contributed by atoms with van der Waals surface area (Å²) in [5, 5.41) is 4.34. The molecule has 0 saturated carbocycles. The van der Waals surface area contributed by atoms with E-state index in [4.69, 9.17) is 13.9 Å². The molecular weight excluding hydrogens is 843 g/mol. The van der Waals surface area contributed by atoms with Gasteiger partial charge in [-0.15, -0.1) is 0 Å². The highest BCUT2D eigenvalue weighted by Gasteiger charge is 2.50. The Kier molecular flexibility index (Phi) is 8.77. The second-order valence-corrected chi connectivity index (χ2v) is 17.9. The lowest BCUT2D eigenvalue weighted by molar-refractivity contribution is 0.399. The number of nitrogens with zero attached hydrogens (tertiary/aromatic N) is 1. The quantitative estimate of drug-likeness (QED) is 0.167. The first-order valence-electron chi connectivity index (χ1n) is 23.5. The van der Waals surface area contributed by atoms with Gasteiger partial charge in [-0.1, -0.05) is 188 Å². The van der Waals surface area contributed by atoms with Crippen molar-refractivity contribution in [2.75, 3.05) is 4.90 Å². The molecule has 11 aromatic carbocycles. The lowest BCUT2D eigenvalue weighted by Gasteiger charge is -2.44. The smallest absolute Gasteiger partial charge is 0.143 e. The molecule has 0 amide bonds. The van der Waals surface area contributed by atoms with E-state index in [1.54, 1.807) is 0 Å². The average Bonchev–Trinajstić information content (AvgIpc) is 3.80. The summed E-state index contributed by atoms with van der Waals surface area (Å²) in [6.45, 7) is 0. The van der Waals surface area contributed by atoms with Gasteiger partial charge in [-0.05, 0) is 94.0 Å². The van der Waals surface area contributed by atoms with Crippen molar-refractivity contribution < 1.29 is 13.9 Å². The number of ether oxygens (including phenoxy) is 2. The van der Waals surface area contributed by atoms with Gasteiger partial charge < -0.3 is 18.8 Å². The van der Waals surface area contributed by atoms with Gasteiger partial charge in [0.15, 0.2) is 0 Å². The van der Waals surface area contributed by atoms with E-state index in [1.807, 2.05) is 18.2 Å². The van der Waals surface area contributed by atoms with Crippen LogP contribution in [0.1, 0.15) is 22.3 Å². The third-order valence-electron chi connectivity index (χ3n) is 14.2. The Balaban J connectivity index is 0.913. The summed E-state index contributed by atoms with van der Waals surface area (Å²) in [5.74, 6) is 3.36. The molecule has 0 aliphatic carbocycles. The molecule has 324 valence electrons. The van der Waals surface area contributed by atoms with Crippen LogP contribution in [0, 0.1) is 0 Å². The van der Waals surface area contributed by atoms with E-state index in [0.717, 1.165) is 112 Å². The summed E-state index contributed by atoms with van der Waals surface area (Å²) in [4.78, 5) is 2.39. The number of furan rings is 1. The zero-order valence-electron chi connectivity index (χ0n) is 37.3. The Hall–Kier alpha value is -9.12. The molecule has 0 fully saturated rings. The van der Waals surface area contributed by atoms with Gasteiger partial charge in [0.2, 0.25) is 0 Å². The van der Waals surface area contributed by atoms with Gasteiger partial charge in [0, 0.05) is 55.2 Å². The van der Waals surface area contributed by atoms with Gasteiger partial charge in [0.1, 0.15) is 34.2 Å². The van der Waals surface area contributed by atoms with Crippen molar-refractivity contribution in [3.05, 3.63) is 271 Å². The molecule has 0 bridgehead atoms. The monoisotopic (exact) mass is 883 g/mol. The number of anilines is 3. The maximum absolute atomic E-state index is 6.89. The summed E-state index contributed by atoms with van der Waals surface area (Å²) in [6, 6.07) is 88.4. The molecule has 1 spiro atoms. The zero-order valence-corrected chi connectivity index (χ0v) is 37.3. The lowest BCUT2D eigenvalue weighted by Crippen LogP contribution is -2.36. The van der Waals surface area contributed by atoms with Crippen molar-refractivity contribution in [1.82, 2.24) is 0 Å². The van der Waals surface area contributed by atoms with Crippen LogP contribution in [-0.4, -0.2) is 0 Å². The number of rotatable bonds is 6. The highest BCUT2D eigenvalue weighted by Crippen LogP contribution is 2.61. The normalized spacial score (nSPS) is 13.0. The van der Waals surface area contributed by atoms with Gasteiger partial charge in [0.25, 0.3) is 0 Å². The second-order valence-electron chi connectivity index (χ2n) is 17.9. The van der Waals surface area contributed by atoms with Crippen LogP contribution in [0.2, 0.25) is 0 Å². The second kappa shape index (κ2) is 15.5. The molecule has 2 aliphatic heterocycles. The molecule has 69 heavy (non-hydrogen) atoms. The number of hydrogen-bond donors (Lipinski definition) is 0. The first kappa shape index (κ1) is 39.1. The van der Waals surface area contributed by atoms with Gasteiger partial charge >= 0.3 is 0 Å². The van der Waals surface area contributed by atoms with Crippen LogP contribution in [0.4, 0.5) is 17.1 Å². The van der Waals surface area contributed by atoms with Crippen LogP contribution in [0.15, 0.2) is 253 Å². The van der Waals surface area contributed by atoms with Crippen molar-refractivity contribution >= 4 is 49.8 Å². The summed E-state index contributed by atoms with van der Waals surface area (Å²) in [5.41, 5.74) is 15.5. The van der Waals surface area contributed by atoms with Gasteiger partial charge in [-0.3, -0.25) is 0 Å². The van der Waals surface area contributed by atoms with Gasteiger partial charge in [-0.25, -0.2) is 0 Å².